The molecule has 4 nitrogen and oxygen atoms in total. The highest BCUT2D eigenvalue weighted by molar-refractivity contribution is 5.44. The zero-order valence-electron chi connectivity index (χ0n) is 11.8. The first-order chi connectivity index (χ1) is 9.13. The van der Waals surface area contributed by atoms with Crippen molar-refractivity contribution in [2.75, 3.05) is 19.6 Å². The third-order valence-corrected chi connectivity index (χ3v) is 4.06. The van der Waals surface area contributed by atoms with Gasteiger partial charge in [-0.2, -0.15) is 0 Å². The molecule has 1 aliphatic rings. The van der Waals surface area contributed by atoms with Crippen molar-refractivity contribution in [3.63, 3.8) is 0 Å². The minimum absolute atomic E-state index is 0.0551. The maximum Gasteiger partial charge on any atom is 0.124 e. The molecule has 0 bridgehead atoms. The van der Waals surface area contributed by atoms with Crippen LogP contribution in [0.25, 0.3) is 0 Å². The van der Waals surface area contributed by atoms with Crippen molar-refractivity contribution in [3.8, 4) is 11.5 Å². The number of phenols is 2. The third-order valence-electron chi connectivity index (χ3n) is 4.06. The van der Waals surface area contributed by atoms with E-state index in [9.17, 15) is 10.2 Å². The van der Waals surface area contributed by atoms with E-state index in [4.69, 9.17) is 0 Å². The van der Waals surface area contributed by atoms with Gasteiger partial charge in [0.25, 0.3) is 0 Å². The number of likely N-dealkylation sites (tertiary alicyclic amines) is 1. The van der Waals surface area contributed by atoms with Gasteiger partial charge in [-0.1, -0.05) is 13.0 Å². The summed E-state index contributed by atoms with van der Waals surface area (Å²) in [7, 11) is 0. The van der Waals surface area contributed by atoms with Crippen LogP contribution in [0.1, 0.15) is 38.3 Å². The van der Waals surface area contributed by atoms with Crippen LogP contribution in [-0.4, -0.2) is 40.8 Å². The van der Waals surface area contributed by atoms with E-state index in [1.54, 1.807) is 18.2 Å². The van der Waals surface area contributed by atoms with Gasteiger partial charge in [0.2, 0.25) is 0 Å². The first-order valence-corrected chi connectivity index (χ1v) is 7.11. The number of hydrogen-bond donors (Lipinski definition) is 3. The second-order valence-corrected chi connectivity index (χ2v) is 5.26. The Morgan fingerprint density at radius 3 is 2.68 bits per heavy atom. The quantitative estimate of drug-likeness (QED) is 0.763. The van der Waals surface area contributed by atoms with E-state index in [0.717, 1.165) is 13.1 Å². The van der Waals surface area contributed by atoms with Crippen molar-refractivity contribution in [2.45, 2.75) is 38.8 Å². The lowest BCUT2D eigenvalue weighted by atomic mass is 10.1. The van der Waals surface area contributed by atoms with Crippen LogP contribution < -0.4 is 5.32 Å². The van der Waals surface area contributed by atoms with Crippen molar-refractivity contribution >= 4 is 0 Å². The monoisotopic (exact) mass is 264 g/mol. The minimum Gasteiger partial charge on any atom is -0.507 e. The molecule has 0 radical (unpaired) electrons. The number of benzene rings is 1. The fraction of sp³-hybridized carbons (Fsp3) is 0.600. The maximum atomic E-state index is 9.84. The molecule has 0 spiro atoms. The maximum absolute atomic E-state index is 9.84. The second-order valence-electron chi connectivity index (χ2n) is 5.26. The lowest BCUT2D eigenvalue weighted by Crippen LogP contribution is -2.38. The van der Waals surface area contributed by atoms with Crippen LogP contribution in [0.3, 0.4) is 0 Å². The van der Waals surface area contributed by atoms with Crippen LogP contribution in [0.4, 0.5) is 0 Å². The molecule has 4 heteroatoms. The number of hydrogen-bond acceptors (Lipinski definition) is 4. The fourth-order valence-electron chi connectivity index (χ4n) is 2.94. The lowest BCUT2D eigenvalue weighted by molar-refractivity contribution is 0.254. The van der Waals surface area contributed by atoms with Crippen LogP contribution in [0.5, 0.6) is 11.5 Å². The van der Waals surface area contributed by atoms with Gasteiger partial charge in [-0.3, -0.25) is 4.90 Å². The molecule has 19 heavy (non-hydrogen) atoms. The van der Waals surface area contributed by atoms with E-state index in [1.165, 1.54) is 19.4 Å². The number of rotatable bonds is 5. The summed E-state index contributed by atoms with van der Waals surface area (Å²) in [5.74, 6) is 0.303. The number of phenolic OH excluding ortho intramolecular Hbond substituents is 2. The lowest BCUT2D eigenvalue weighted by Gasteiger charge is -2.25. The van der Waals surface area contributed by atoms with Crippen molar-refractivity contribution in [1.82, 2.24) is 10.2 Å². The molecule has 0 aliphatic carbocycles. The minimum atomic E-state index is -0.0551. The molecule has 1 aliphatic heterocycles. The average molecular weight is 264 g/mol. The van der Waals surface area contributed by atoms with E-state index in [0.29, 0.717) is 11.6 Å². The summed E-state index contributed by atoms with van der Waals surface area (Å²) in [5, 5.41) is 23.1. The Morgan fingerprint density at radius 2 is 2.05 bits per heavy atom. The molecule has 2 unspecified atom stereocenters. The van der Waals surface area contributed by atoms with Gasteiger partial charge < -0.3 is 15.5 Å². The number of nitrogens with zero attached hydrogens (tertiary/aromatic N) is 1. The highest BCUT2D eigenvalue weighted by atomic mass is 16.3. The Morgan fingerprint density at radius 1 is 1.37 bits per heavy atom. The number of likely N-dealkylation sites (N-methyl/N-ethyl adjacent to an activating group) is 1. The van der Waals surface area contributed by atoms with Gasteiger partial charge >= 0.3 is 0 Å². The Kier molecular flexibility index (Phi) is 4.66. The molecule has 0 aromatic heterocycles. The average Bonchev–Trinajstić information content (AvgIpc) is 2.83. The Hall–Kier alpha value is -1.26. The van der Waals surface area contributed by atoms with Crippen LogP contribution in [0.15, 0.2) is 18.2 Å². The molecule has 1 saturated heterocycles. The molecule has 2 rings (SSSR count). The molecule has 2 atom stereocenters. The van der Waals surface area contributed by atoms with Gasteiger partial charge in [-0.25, -0.2) is 0 Å². The highest BCUT2D eigenvalue weighted by Crippen LogP contribution is 2.32. The normalized spacial score (nSPS) is 21.7. The predicted molar refractivity (Wildman–Crippen MR) is 76.5 cm³/mol. The van der Waals surface area contributed by atoms with E-state index >= 15 is 0 Å². The largest absolute Gasteiger partial charge is 0.507 e. The van der Waals surface area contributed by atoms with Crippen molar-refractivity contribution < 1.29 is 10.2 Å². The van der Waals surface area contributed by atoms with Gasteiger partial charge in [0, 0.05) is 18.6 Å². The summed E-state index contributed by atoms with van der Waals surface area (Å²) in [6.07, 6.45) is 2.48. The molecule has 1 heterocycles. The molecule has 0 saturated carbocycles. The Bertz CT molecular complexity index is 402. The molecule has 1 aromatic rings. The number of nitrogens with one attached hydrogen (secondary N) is 1. The molecule has 3 N–H and O–H groups in total. The van der Waals surface area contributed by atoms with Gasteiger partial charge in [0.1, 0.15) is 11.5 Å². The van der Waals surface area contributed by atoms with Crippen LogP contribution in [0, 0.1) is 0 Å². The highest BCUT2D eigenvalue weighted by Gasteiger charge is 2.24. The zero-order chi connectivity index (χ0) is 13.8. The first kappa shape index (κ1) is 14.2. The molecule has 1 fully saturated rings. The van der Waals surface area contributed by atoms with Crippen molar-refractivity contribution in [3.05, 3.63) is 23.8 Å². The van der Waals surface area contributed by atoms with Crippen molar-refractivity contribution in [1.29, 1.82) is 0 Å². The third kappa shape index (κ3) is 3.19. The fourth-order valence-corrected chi connectivity index (χ4v) is 2.94. The van der Waals surface area contributed by atoms with Crippen LogP contribution >= 0.6 is 0 Å². The Balaban J connectivity index is 1.96. The van der Waals surface area contributed by atoms with E-state index < -0.39 is 0 Å². The standard InChI is InChI=1S/C15H24N2O2/c1-3-17-9-5-6-12(17)10-16-11(2)15-13(18)7-4-8-14(15)19/h4,7-8,11-12,16,18-19H,3,5-6,9-10H2,1-2H3. The predicted octanol–water partition coefficient (Wildman–Crippen LogP) is 2.23. The summed E-state index contributed by atoms with van der Waals surface area (Å²) < 4.78 is 0. The van der Waals surface area contributed by atoms with Gasteiger partial charge in [0.05, 0.1) is 5.56 Å². The SMILES string of the molecule is CCN1CCCC1CNC(C)c1c(O)cccc1O. The summed E-state index contributed by atoms with van der Waals surface area (Å²) in [6, 6.07) is 5.39. The molecule has 1 aromatic carbocycles. The molecule has 0 amide bonds. The van der Waals surface area contributed by atoms with E-state index in [2.05, 4.69) is 17.1 Å². The number of aromatic hydroxyl groups is 2. The van der Waals surface area contributed by atoms with Crippen molar-refractivity contribution in [2.24, 2.45) is 0 Å². The van der Waals surface area contributed by atoms with Gasteiger partial charge in [-0.05, 0) is 45.0 Å². The van der Waals surface area contributed by atoms with Gasteiger partial charge in [0.15, 0.2) is 0 Å². The molecular weight excluding hydrogens is 240 g/mol. The zero-order valence-corrected chi connectivity index (χ0v) is 11.8. The van der Waals surface area contributed by atoms with Crippen LogP contribution in [-0.2, 0) is 0 Å². The molecule has 106 valence electrons. The first-order valence-electron chi connectivity index (χ1n) is 7.11. The summed E-state index contributed by atoms with van der Waals surface area (Å²) in [6.45, 7) is 7.32. The smallest absolute Gasteiger partial charge is 0.124 e. The van der Waals surface area contributed by atoms with E-state index in [-0.39, 0.29) is 17.5 Å². The summed E-state index contributed by atoms with van der Waals surface area (Å²) in [5.41, 5.74) is 0.587. The van der Waals surface area contributed by atoms with E-state index in [1.807, 2.05) is 6.92 Å². The van der Waals surface area contributed by atoms with Gasteiger partial charge in [-0.15, -0.1) is 0 Å². The topological polar surface area (TPSA) is 55.7 Å². The summed E-state index contributed by atoms with van der Waals surface area (Å²) >= 11 is 0. The molecular formula is C15H24N2O2. The second kappa shape index (κ2) is 6.26. The Labute approximate surface area is 115 Å². The van der Waals surface area contributed by atoms with Crippen LogP contribution in [0.2, 0.25) is 0 Å². The summed E-state index contributed by atoms with van der Waals surface area (Å²) in [4.78, 5) is 2.48.